The number of fused-ring (bicyclic) bond motifs is 1. The van der Waals surface area contributed by atoms with Gasteiger partial charge < -0.3 is 14.5 Å². The standard InChI is InChI=1S/C26H28N2O3S2/c1-17-5-8-22(18(2)14-17)31-16-21-20-10-13-33-23(20)9-11-27(21)25(29)15-28(19-6-7-19)26(30)24-4-3-12-32-24/h3-5,8,10,12-14,19,21H,6-7,9,11,15-16H2,1-2H3/t21-/m0/s1. The molecule has 0 spiro atoms. The zero-order valence-corrected chi connectivity index (χ0v) is 20.6. The number of benzene rings is 1. The van der Waals surface area contributed by atoms with E-state index in [4.69, 9.17) is 4.74 Å². The van der Waals surface area contributed by atoms with Crippen LogP contribution in [-0.4, -0.2) is 47.4 Å². The zero-order chi connectivity index (χ0) is 22.9. The first kappa shape index (κ1) is 22.2. The minimum atomic E-state index is -0.147. The van der Waals surface area contributed by atoms with Gasteiger partial charge in [0.05, 0.1) is 10.9 Å². The lowest BCUT2D eigenvalue weighted by molar-refractivity contribution is -0.135. The van der Waals surface area contributed by atoms with Crippen molar-refractivity contribution in [1.82, 2.24) is 9.80 Å². The van der Waals surface area contributed by atoms with Gasteiger partial charge in [-0.1, -0.05) is 23.8 Å². The SMILES string of the molecule is Cc1ccc(OC[C@H]2c3ccsc3CCN2C(=O)CN(C(=O)c2cccs2)C2CC2)c(C)c1. The maximum absolute atomic E-state index is 13.6. The van der Waals surface area contributed by atoms with Crippen molar-refractivity contribution >= 4 is 34.5 Å². The van der Waals surface area contributed by atoms with Gasteiger partial charge in [-0.15, -0.1) is 22.7 Å². The van der Waals surface area contributed by atoms with Crippen molar-refractivity contribution < 1.29 is 14.3 Å². The van der Waals surface area contributed by atoms with Crippen molar-refractivity contribution in [3.63, 3.8) is 0 Å². The molecule has 1 atom stereocenters. The molecule has 0 saturated heterocycles. The Morgan fingerprint density at radius 2 is 1.97 bits per heavy atom. The lowest BCUT2D eigenvalue weighted by Gasteiger charge is -2.37. The summed E-state index contributed by atoms with van der Waals surface area (Å²) in [7, 11) is 0. The van der Waals surface area contributed by atoms with E-state index in [9.17, 15) is 9.59 Å². The third kappa shape index (κ3) is 4.70. The van der Waals surface area contributed by atoms with E-state index in [2.05, 4.69) is 24.4 Å². The van der Waals surface area contributed by atoms with Gasteiger partial charge in [-0.25, -0.2) is 0 Å². The van der Waals surface area contributed by atoms with Crippen molar-refractivity contribution in [2.45, 2.75) is 45.2 Å². The first-order valence-electron chi connectivity index (χ1n) is 11.4. The molecule has 7 heteroatoms. The molecule has 2 amide bonds. The average Bonchev–Trinajstić information content (AvgIpc) is 3.28. The summed E-state index contributed by atoms with van der Waals surface area (Å²) in [6.07, 6.45) is 2.79. The third-order valence-corrected chi connectivity index (χ3v) is 8.28. The number of carbonyl (C=O) groups is 2. The smallest absolute Gasteiger partial charge is 0.264 e. The van der Waals surface area contributed by atoms with Crippen molar-refractivity contribution in [1.29, 1.82) is 0 Å². The van der Waals surface area contributed by atoms with Gasteiger partial charge in [0, 0.05) is 17.5 Å². The number of hydrogen-bond donors (Lipinski definition) is 0. The second-order valence-electron chi connectivity index (χ2n) is 8.87. The Morgan fingerprint density at radius 1 is 1.12 bits per heavy atom. The van der Waals surface area contributed by atoms with E-state index in [0.717, 1.165) is 30.6 Å². The maximum atomic E-state index is 13.6. The van der Waals surface area contributed by atoms with E-state index < -0.39 is 0 Å². The molecule has 3 heterocycles. The van der Waals surface area contributed by atoms with E-state index >= 15 is 0 Å². The molecule has 1 aliphatic heterocycles. The Bertz CT molecular complexity index is 1150. The molecule has 172 valence electrons. The van der Waals surface area contributed by atoms with Crippen LogP contribution < -0.4 is 4.74 Å². The number of hydrogen-bond acceptors (Lipinski definition) is 5. The third-order valence-electron chi connectivity index (χ3n) is 6.43. The van der Waals surface area contributed by atoms with Crippen molar-refractivity contribution in [3.8, 4) is 5.75 Å². The summed E-state index contributed by atoms with van der Waals surface area (Å²) in [5, 5.41) is 4.00. The van der Waals surface area contributed by atoms with E-state index in [1.165, 1.54) is 27.3 Å². The highest BCUT2D eigenvalue weighted by atomic mass is 32.1. The highest BCUT2D eigenvalue weighted by Gasteiger charge is 2.38. The molecule has 2 aromatic heterocycles. The second-order valence-corrected chi connectivity index (χ2v) is 10.8. The van der Waals surface area contributed by atoms with Crippen LogP contribution >= 0.6 is 22.7 Å². The van der Waals surface area contributed by atoms with Gasteiger partial charge >= 0.3 is 0 Å². The van der Waals surface area contributed by atoms with Crippen molar-refractivity contribution in [3.05, 3.63) is 73.6 Å². The maximum Gasteiger partial charge on any atom is 0.264 e. The lowest BCUT2D eigenvalue weighted by Crippen LogP contribution is -2.48. The van der Waals surface area contributed by atoms with Crippen LogP contribution in [0.3, 0.4) is 0 Å². The summed E-state index contributed by atoms with van der Waals surface area (Å²) >= 11 is 3.18. The molecule has 0 unspecified atom stereocenters. The van der Waals surface area contributed by atoms with Crippen LogP contribution in [0.25, 0.3) is 0 Å². The lowest BCUT2D eigenvalue weighted by atomic mass is 10.00. The van der Waals surface area contributed by atoms with Crippen molar-refractivity contribution in [2.75, 3.05) is 19.7 Å². The van der Waals surface area contributed by atoms with E-state index in [0.29, 0.717) is 18.0 Å². The van der Waals surface area contributed by atoms with Gasteiger partial charge in [0.2, 0.25) is 5.91 Å². The van der Waals surface area contributed by atoms with E-state index in [-0.39, 0.29) is 30.4 Å². The first-order chi connectivity index (χ1) is 16.0. The van der Waals surface area contributed by atoms with Crippen LogP contribution in [-0.2, 0) is 11.2 Å². The largest absolute Gasteiger partial charge is 0.491 e. The molecule has 2 aliphatic rings. The van der Waals surface area contributed by atoms with Gasteiger partial charge in [-0.2, -0.15) is 0 Å². The second kappa shape index (κ2) is 9.31. The molecule has 1 aliphatic carbocycles. The zero-order valence-electron chi connectivity index (χ0n) is 19.0. The number of thiophene rings is 2. The first-order valence-corrected chi connectivity index (χ1v) is 13.2. The summed E-state index contributed by atoms with van der Waals surface area (Å²) in [5.41, 5.74) is 3.47. The van der Waals surface area contributed by atoms with E-state index in [1.54, 1.807) is 16.2 Å². The molecule has 0 N–H and O–H groups in total. The molecule has 3 aromatic rings. The Labute approximate surface area is 202 Å². The van der Waals surface area contributed by atoms with Crippen LogP contribution in [0, 0.1) is 13.8 Å². The normalized spacial score (nSPS) is 17.5. The molecule has 1 fully saturated rings. The van der Waals surface area contributed by atoms with Crippen LogP contribution in [0.4, 0.5) is 0 Å². The van der Waals surface area contributed by atoms with Gasteiger partial charge in [-0.05, 0) is 73.2 Å². The fourth-order valence-electron chi connectivity index (χ4n) is 4.54. The number of rotatable bonds is 7. The average molecular weight is 481 g/mol. The topological polar surface area (TPSA) is 49.9 Å². The summed E-state index contributed by atoms with van der Waals surface area (Å²) in [5.74, 6) is 0.817. The Hall–Kier alpha value is -2.64. The molecule has 1 saturated carbocycles. The van der Waals surface area contributed by atoms with Crippen molar-refractivity contribution in [2.24, 2.45) is 0 Å². The number of carbonyl (C=O) groups excluding carboxylic acids is 2. The number of amides is 2. The molecule has 1 aromatic carbocycles. The summed E-state index contributed by atoms with van der Waals surface area (Å²) in [6, 6.07) is 12.0. The minimum Gasteiger partial charge on any atom is -0.491 e. The van der Waals surface area contributed by atoms with Gasteiger partial charge in [-0.3, -0.25) is 9.59 Å². The quantitative estimate of drug-likeness (QED) is 0.465. The molecular formula is C26H28N2O3S2. The Kier molecular flexibility index (Phi) is 6.25. The number of ether oxygens (including phenoxy) is 1. The fourth-order valence-corrected chi connectivity index (χ4v) is 6.14. The Balaban J connectivity index is 1.35. The molecule has 5 rings (SSSR count). The summed E-state index contributed by atoms with van der Waals surface area (Å²) < 4.78 is 6.24. The predicted molar refractivity (Wildman–Crippen MR) is 132 cm³/mol. The van der Waals surface area contributed by atoms with Gasteiger partial charge in [0.25, 0.3) is 5.91 Å². The van der Waals surface area contributed by atoms with Crippen LogP contribution in [0.2, 0.25) is 0 Å². The number of aryl methyl sites for hydroxylation is 2. The minimum absolute atomic E-state index is 0.00196. The molecule has 0 bridgehead atoms. The van der Waals surface area contributed by atoms with Crippen LogP contribution in [0.1, 0.15) is 50.1 Å². The monoisotopic (exact) mass is 480 g/mol. The highest BCUT2D eigenvalue weighted by molar-refractivity contribution is 7.12. The molecule has 33 heavy (non-hydrogen) atoms. The summed E-state index contributed by atoms with van der Waals surface area (Å²) in [4.78, 5) is 32.3. The molecular weight excluding hydrogens is 452 g/mol. The van der Waals surface area contributed by atoms with Gasteiger partial charge in [0.1, 0.15) is 18.9 Å². The summed E-state index contributed by atoms with van der Waals surface area (Å²) in [6.45, 7) is 5.30. The van der Waals surface area contributed by atoms with E-state index in [1.807, 2.05) is 41.5 Å². The molecule has 0 radical (unpaired) electrons. The van der Waals surface area contributed by atoms with Gasteiger partial charge in [0.15, 0.2) is 0 Å². The molecule has 5 nitrogen and oxygen atoms in total. The fraction of sp³-hybridized carbons (Fsp3) is 0.385. The van der Waals surface area contributed by atoms with Crippen LogP contribution in [0.15, 0.2) is 47.2 Å². The Morgan fingerprint density at radius 3 is 2.70 bits per heavy atom. The highest BCUT2D eigenvalue weighted by Crippen LogP contribution is 2.35. The van der Waals surface area contributed by atoms with Crippen LogP contribution in [0.5, 0.6) is 5.75 Å². The predicted octanol–water partition coefficient (Wildman–Crippen LogP) is 5.24. The number of nitrogens with zero attached hydrogens (tertiary/aromatic N) is 2.